The molecule has 6 heteroatoms. The Labute approximate surface area is 115 Å². The highest BCUT2D eigenvalue weighted by Gasteiger charge is 2.11. The van der Waals surface area contributed by atoms with Crippen LogP contribution in [0, 0.1) is 11.8 Å². The number of aromatic nitrogens is 1. The van der Waals surface area contributed by atoms with E-state index in [4.69, 9.17) is 5.73 Å². The number of hydrogen-bond acceptors (Lipinski definition) is 4. The van der Waals surface area contributed by atoms with Gasteiger partial charge in [-0.25, -0.2) is 4.98 Å². The number of carbonyl (C=O) groups excluding carboxylic acids is 1. The van der Waals surface area contributed by atoms with Gasteiger partial charge in [-0.15, -0.1) is 0 Å². The largest absolute Gasteiger partial charge is 0.347 e. The highest BCUT2D eigenvalue weighted by molar-refractivity contribution is 7.84. The Hall–Kier alpha value is -1.71. The number of hydrogen-bond donors (Lipinski definition) is 2. The molecule has 2 atom stereocenters. The molecule has 0 radical (unpaired) electrons. The highest BCUT2D eigenvalue weighted by Crippen LogP contribution is 2.00. The second-order valence-corrected chi connectivity index (χ2v) is 5.53. The van der Waals surface area contributed by atoms with Crippen LogP contribution in [0.25, 0.3) is 0 Å². The lowest BCUT2D eigenvalue weighted by Crippen LogP contribution is -2.36. The molecule has 2 unspecified atom stereocenters. The first-order valence-corrected chi connectivity index (χ1v) is 7.51. The Morgan fingerprint density at radius 2 is 2.32 bits per heavy atom. The summed E-state index contributed by atoms with van der Waals surface area (Å²) < 4.78 is 11.0. The van der Waals surface area contributed by atoms with Gasteiger partial charge < -0.3 is 11.1 Å². The molecule has 5 nitrogen and oxygen atoms in total. The lowest BCUT2D eigenvalue weighted by Gasteiger charge is -2.11. The van der Waals surface area contributed by atoms with Gasteiger partial charge in [-0.2, -0.15) is 0 Å². The summed E-state index contributed by atoms with van der Waals surface area (Å²) in [6, 6.07) is 3.16. The van der Waals surface area contributed by atoms with Crippen LogP contribution in [-0.2, 0) is 10.8 Å². The molecule has 1 amide bonds. The summed E-state index contributed by atoms with van der Waals surface area (Å²) >= 11 is 0. The van der Waals surface area contributed by atoms with Crippen molar-refractivity contribution >= 4 is 16.7 Å². The van der Waals surface area contributed by atoms with Crippen molar-refractivity contribution in [2.75, 3.05) is 18.6 Å². The van der Waals surface area contributed by atoms with Crippen molar-refractivity contribution < 1.29 is 9.00 Å². The van der Waals surface area contributed by atoms with E-state index in [0.29, 0.717) is 17.0 Å². The first kappa shape index (κ1) is 15.3. The molecule has 0 aliphatic heterocycles. The number of pyridine rings is 1. The quantitative estimate of drug-likeness (QED) is 0.753. The second-order valence-electron chi connectivity index (χ2n) is 4.05. The lowest BCUT2D eigenvalue weighted by atomic mass is 10.2. The zero-order valence-corrected chi connectivity index (χ0v) is 11.8. The third kappa shape index (κ3) is 5.64. The molecule has 0 spiro atoms. The van der Waals surface area contributed by atoms with Crippen molar-refractivity contribution in [2.24, 2.45) is 5.73 Å². The number of nitrogens with one attached hydrogen (secondary N) is 1. The maximum Gasteiger partial charge on any atom is 0.270 e. The first-order valence-electron chi connectivity index (χ1n) is 5.78. The number of nitrogens with zero attached hydrogens (tertiary/aromatic N) is 1. The topological polar surface area (TPSA) is 85.1 Å². The van der Waals surface area contributed by atoms with E-state index < -0.39 is 10.8 Å². The molecule has 19 heavy (non-hydrogen) atoms. The van der Waals surface area contributed by atoms with Gasteiger partial charge in [0, 0.05) is 40.6 Å². The summed E-state index contributed by atoms with van der Waals surface area (Å²) in [4.78, 5) is 15.9. The fraction of sp³-hybridized carbons (Fsp3) is 0.385. The summed E-state index contributed by atoms with van der Waals surface area (Å²) in [6.45, 7) is 2.09. The van der Waals surface area contributed by atoms with Gasteiger partial charge in [0.05, 0.1) is 6.54 Å². The molecule has 1 rings (SSSR count). The number of nitrogens with two attached hydrogens (primary N) is 1. The van der Waals surface area contributed by atoms with Crippen molar-refractivity contribution in [2.45, 2.75) is 13.0 Å². The normalized spacial score (nSPS) is 13.0. The van der Waals surface area contributed by atoms with Crippen molar-refractivity contribution in [3.05, 3.63) is 29.6 Å². The molecule has 0 saturated heterocycles. The predicted molar refractivity (Wildman–Crippen MR) is 76.0 cm³/mol. The fourth-order valence-corrected chi connectivity index (χ4v) is 2.23. The average molecular weight is 279 g/mol. The zero-order chi connectivity index (χ0) is 14.3. The van der Waals surface area contributed by atoms with Gasteiger partial charge in [0.2, 0.25) is 0 Å². The molecule has 1 heterocycles. The molecule has 0 fully saturated rings. The molecule has 0 bridgehead atoms. The summed E-state index contributed by atoms with van der Waals surface area (Å²) in [5, 5.41) is 2.74. The predicted octanol–water partition coefficient (Wildman–Crippen LogP) is -0.111. The van der Waals surface area contributed by atoms with Crippen LogP contribution in [0.4, 0.5) is 0 Å². The van der Waals surface area contributed by atoms with Crippen LogP contribution in [0.15, 0.2) is 18.3 Å². The van der Waals surface area contributed by atoms with Gasteiger partial charge in [-0.3, -0.25) is 9.00 Å². The van der Waals surface area contributed by atoms with Crippen molar-refractivity contribution in [1.29, 1.82) is 0 Å². The van der Waals surface area contributed by atoms with Gasteiger partial charge in [0.1, 0.15) is 5.69 Å². The molecule has 0 saturated carbocycles. The Kier molecular flexibility index (Phi) is 6.19. The van der Waals surface area contributed by atoms with E-state index in [-0.39, 0.29) is 18.5 Å². The minimum absolute atomic E-state index is 0.156. The smallest absolute Gasteiger partial charge is 0.270 e. The summed E-state index contributed by atoms with van der Waals surface area (Å²) in [5.41, 5.74) is 6.29. The van der Waals surface area contributed by atoms with E-state index in [1.165, 1.54) is 6.20 Å². The summed E-state index contributed by atoms with van der Waals surface area (Å²) in [5.74, 6) is 5.68. The van der Waals surface area contributed by atoms with Gasteiger partial charge >= 0.3 is 0 Å². The first-order chi connectivity index (χ1) is 9.02. The van der Waals surface area contributed by atoms with Gasteiger partial charge in [-0.1, -0.05) is 11.8 Å². The molecule has 0 aromatic carbocycles. The van der Waals surface area contributed by atoms with Crippen LogP contribution in [0.3, 0.4) is 0 Å². The van der Waals surface area contributed by atoms with Gasteiger partial charge in [0.15, 0.2) is 0 Å². The van der Waals surface area contributed by atoms with Crippen LogP contribution >= 0.6 is 0 Å². The molecular formula is C13H17N3O2S. The van der Waals surface area contributed by atoms with Crippen molar-refractivity contribution in [1.82, 2.24) is 10.3 Å². The third-order valence-corrected chi connectivity index (χ3v) is 3.16. The molecule has 1 aromatic rings. The molecule has 0 aliphatic carbocycles. The van der Waals surface area contributed by atoms with E-state index >= 15 is 0 Å². The van der Waals surface area contributed by atoms with Gasteiger partial charge in [0.25, 0.3) is 5.91 Å². The maximum absolute atomic E-state index is 11.8. The highest BCUT2D eigenvalue weighted by atomic mass is 32.2. The Bertz CT molecular complexity index is 517. The Balaban J connectivity index is 2.65. The van der Waals surface area contributed by atoms with E-state index in [1.807, 2.05) is 0 Å². The summed E-state index contributed by atoms with van der Waals surface area (Å²) in [7, 11) is -0.941. The van der Waals surface area contributed by atoms with E-state index in [0.717, 1.165) is 0 Å². The standard InChI is InChI=1S/C13H17N3O2S/c1-10(9-19(2)18)16-13(17)12-6-5-11(8-15-12)4-3-7-14/h5-6,8,10H,7,9,14H2,1-2H3,(H,16,17). The zero-order valence-electron chi connectivity index (χ0n) is 11.0. The summed E-state index contributed by atoms with van der Waals surface area (Å²) in [6.07, 6.45) is 3.13. The van der Waals surface area contributed by atoms with Crippen LogP contribution in [0.5, 0.6) is 0 Å². The van der Waals surface area contributed by atoms with E-state index in [9.17, 15) is 9.00 Å². The Morgan fingerprint density at radius 1 is 1.58 bits per heavy atom. The fourth-order valence-electron chi connectivity index (χ4n) is 1.45. The van der Waals surface area contributed by atoms with Crippen molar-refractivity contribution in [3.63, 3.8) is 0 Å². The monoisotopic (exact) mass is 279 g/mol. The van der Waals surface area contributed by atoms with Crippen LogP contribution in [0.2, 0.25) is 0 Å². The number of rotatable bonds is 4. The number of amides is 1. The minimum Gasteiger partial charge on any atom is -0.347 e. The third-order valence-electron chi connectivity index (χ3n) is 2.19. The molecule has 3 N–H and O–H groups in total. The van der Waals surface area contributed by atoms with Gasteiger partial charge in [-0.05, 0) is 19.1 Å². The molecule has 1 aromatic heterocycles. The number of carbonyl (C=O) groups is 1. The maximum atomic E-state index is 11.8. The average Bonchev–Trinajstić information content (AvgIpc) is 2.35. The molecule has 0 aliphatic rings. The SMILES string of the molecule is CC(CS(C)=O)NC(=O)c1ccc(C#CCN)cn1. The van der Waals surface area contributed by atoms with Crippen molar-refractivity contribution in [3.8, 4) is 11.8 Å². The second kappa shape index (κ2) is 7.67. The molecular weight excluding hydrogens is 262 g/mol. The van der Waals surface area contributed by atoms with Crippen LogP contribution < -0.4 is 11.1 Å². The Morgan fingerprint density at radius 3 is 2.84 bits per heavy atom. The van der Waals surface area contributed by atoms with Crippen LogP contribution in [-0.4, -0.2) is 39.7 Å². The van der Waals surface area contributed by atoms with E-state index in [1.54, 1.807) is 25.3 Å². The molecule has 102 valence electrons. The minimum atomic E-state index is -0.941. The van der Waals surface area contributed by atoms with E-state index in [2.05, 4.69) is 22.1 Å². The van der Waals surface area contributed by atoms with Crippen LogP contribution in [0.1, 0.15) is 23.0 Å². The lowest BCUT2D eigenvalue weighted by molar-refractivity contribution is 0.0938.